The van der Waals surface area contributed by atoms with Crippen LogP contribution >= 0.6 is 23.6 Å². The Morgan fingerprint density at radius 3 is 3.17 bits per heavy atom. The Morgan fingerprint density at radius 2 is 2.48 bits per heavy atom. The van der Waals surface area contributed by atoms with E-state index in [-0.39, 0.29) is 11.7 Å². The van der Waals surface area contributed by atoms with Crippen molar-refractivity contribution in [3.63, 3.8) is 0 Å². The maximum Gasteiger partial charge on any atom is 0.293 e. The van der Waals surface area contributed by atoms with E-state index in [0.717, 1.165) is 10.6 Å². The van der Waals surface area contributed by atoms with E-state index >= 15 is 0 Å². The van der Waals surface area contributed by atoms with E-state index < -0.39 is 0 Å². The zero-order chi connectivity index (χ0) is 16.4. The molecule has 3 heterocycles. The lowest BCUT2D eigenvalue weighted by Gasteiger charge is -2.01. The van der Waals surface area contributed by atoms with Gasteiger partial charge in [0.15, 0.2) is 21.5 Å². The third kappa shape index (κ3) is 3.01. The SMILES string of the molecule is C=CCn1c(-c2sc(NC(=O)c3ccco3)nc2C)n[nH]c1=S. The lowest BCUT2D eigenvalue weighted by Crippen LogP contribution is -2.10. The third-order valence-electron chi connectivity index (χ3n) is 3.04. The summed E-state index contributed by atoms with van der Waals surface area (Å²) in [6.07, 6.45) is 3.19. The van der Waals surface area contributed by atoms with Crippen molar-refractivity contribution in [1.82, 2.24) is 19.7 Å². The molecule has 0 bridgehead atoms. The van der Waals surface area contributed by atoms with Gasteiger partial charge in [-0.1, -0.05) is 17.4 Å². The average Bonchev–Trinajstić information content (AvgIpc) is 3.22. The molecule has 0 aliphatic carbocycles. The highest BCUT2D eigenvalue weighted by atomic mass is 32.1. The number of thiazole rings is 1. The largest absolute Gasteiger partial charge is 0.459 e. The smallest absolute Gasteiger partial charge is 0.293 e. The number of carbonyl (C=O) groups is 1. The summed E-state index contributed by atoms with van der Waals surface area (Å²) >= 11 is 6.53. The molecule has 23 heavy (non-hydrogen) atoms. The van der Waals surface area contributed by atoms with Crippen LogP contribution in [0.25, 0.3) is 10.7 Å². The maximum atomic E-state index is 12.0. The summed E-state index contributed by atoms with van der Waals surface area (Å²) in [6.45, 7) is 6.11. The minimum absolute atomic E-state index is 0.230. The Balaban J connectivity index is 1.91. The molecule has 0 unspecified atom stereocenters. The van der Waals surface area contributed by atoms with Crippen molar-refractivity contribution in [3.8, 4) is 10.7 Å². The van der Waals surface area contributed by atoms with Crippen LogP contribution in [0, 0.1) is 11.7 Å². The number of allylic oxidation sites excluding steroid dienone is 1. The minimum Gasteiger partial charge on any atom is -0.459 e. The minimum atomic E-state index is -0.347. The average molecular weight is 347 g/mol. The van der Waals surface area contributed by atoms with Crippen LogP contribution < -0.4 is 5.32 Å². The quantitative estimate of drug-likeness (QED) is 0.545. The lowest BCUT2D eigenvalue weighted by molar-refractivity contribution is 0.0996. The van der Waals surface area contributed by atoms with Crippen LogP contribution in [0.2, 0.25) is 0 Å². The number of furan rings is 1. The van der Waals surface area contributed by atoms with Gasteiger partial charge in [-0.2, -0.15) is 5.10 Å². The topological polar surface area (TPSA) is 88.7 Å². The van der Waals surface area contributed by atoms with E-state index in [0.29, 0.717) is 22.3 Å². The van der Waals surface area contributed by atoms with Gasteiger partial charge in [0.25, 0.3) is 5.91 Å². The first-order valence-corrected chi connectivity index (χ1v) is 7.91. The van der Waals surface area contributed by atoms with Crippen molar-refractivity contribution >= 4 is 34.6 Å². The van der Waals surface area contributed by atoms with Crippen molar-refractivity contribution in [2.24, 2.45) is 0 Å². The highest BCUT2D eigenvalue weighted by Crippen LogP contribution is 2.31. The Kier molecular flexibility index (Phi) is 4.22. The van der Waals surface area contributed by atoms with E-state index in [4.69, 9.17) is 16.6 Å². The summed E-state index contributed by atoms with van der Waals surface area (Å²) in [7, 11) is 0. The number of nitrogens with zero attached hydrogens (tertiary/aromatic N) is 3. The van der Waals surface area contributed by atoms with Crippen molar-refractivity contribution in [2.45, 2.75) is 13.5 Å². The second-order valence-corrected chi connectivity index (χ2v) is 6.00. The first kappa shape index (κ1) is 15.4. The fourth-order valence-electron chi connectivity index (χ4n) is 2.01. The highest BCUT2D eigenvalue weighted by Gasteiger charge is 2.18. The number of aryl methyl sites for hydroxylation is 1. The van der Waals surface area contributed by atoms with E-state index in [1.807, 2.05) is 11.5 Å². The summed E-state index contributed by atoms with van der Waals surface area (Å²) in [5.74, 6) is 0.553. The van der Waals surface area contributed by atoms with Gasteiger partial charge in [0.05, 0.1) is 16.8 Å². The molecular formula is C14H13N5O2S2. The van der Waals surface area contributed by atoms with Gasteiger partial charge in [0.1, 0.15) is 0 Å². The van der Waals surface area contributed by atoms with Crippen LogP contribution in [0.5, 0.6) is 0 Å². The Bertz CT molecular complexity index is 904. The molecule has 0 saturated heterocycles. The monoisotopic (exact) mass is 347 g/mol. The lowest BCUT2D eigenvalue weighted by atomic mass is 10.3. The second-order valence-electron chi connectivity index (χ2n) is 4.62. The number of aromatic amines is 1. The molecule has 2 N–H and O–H groups in total. The molecule has 3 rings (SSSR count). The zero-order valence-corrected chi connectivity index (χ0v) is 13.8. The van der Waals surface area contributed by atoms with E-state index in [1.165, 1.54) is 17.6 Å². The van der Waals surface area contributed by atoms with Crippen LogP contribution in [-0.2, 0) is 6.54 Å². The van der Waals surface area contributed by atoms with Gasteiger partial charge < -0.3 is 4.42 Å². The molecule has 118 valence electrons. The van der Waals surface area contributed by atoms with Crippen LogP contribution in [0.4, 0.5) is 5.13 Å². The van der Waals surface area contributed by atoms with E-state index in [1.54, 1.807) is 18.2 Å². The normalized spacial score (nSPS) is 10.7. The molecule has 3 aromatic heterocycles. The Hall–Kier alpha value is -2.52. The Morgan fingerprint density at radius 1 is 1.65 bits per heavy atom. The van der Waals surface area contributed by atoms with E-state index in [9.17, 15) is 4.79 Å². The first-order chi connectivity index (χ1) is 11.1. The maximum absolute atomic E-state index is 12.0. The van der Waals surface area contributed by atoms with Gasteiger partial charge in [-0.25, -0.2) is 4.98 Å². The molecule has 0 aromatic carbocycles. The van der Waals surface area contributed by atoms with Crippen LogP contribution in [0.15, 0.2) is 35.5 Å². The van der Waals surface area contributed by atoms with Gasteiger partial charge in [-0.05, 0) is 31.3 Å². The summed E-state index contributed by atoms with van der Waals surface area (Å²) in [6, 6.07) is 3.24. The van der Waals surface area contributed by atoms with Crippen LogP contribution in [0.3, 0.4) is 0 Å². The number of nitrogens with one attached hydrogen (secondary N) is 2. The van der Waals surface area contributed by atoms with Gasteiger partial charge in [-0.3, -0.25) is 19.8 Å². The first-order valence-electron chi connectivity index (χ1n) is 6.69. The van der Waals surface area contributed by atoms with Crippen molar-refractivity contribution in [1.29, 1.82) is 0 Å². The molecule has 1 amide bonds. The summed E-state index contributed by atoms with van der Waals surface area (Å²) in [5.41, 5.74) is 0.754. The van der Waals surface area contributed by atoms with Gasteiger partial charge in [0.2, 0.25) is 0 Å². The molecule has 9 heteroatoms. The molecule has 0 spiro atoms. The fourth-order valence-corrected chi connectivity index (χ4v) is 3.18. The summed E-state index contributed by atoms with van der Waals surface area (Å²) in [5, 5.41) is 10.2. The van der Waals surface area contributed by atoms with Gasteiger partial charge in [0, 0.05) is 6.54 Å². The molecule has 0 fully saturated rings. The predicted octanol–water partition coefficient (Wildman–Crippen LogP) is 3.40. The Labute approximate surface area is 140 Å². The third-order valence-corrected chi connectivity index (χ3v) is 4.42. The molecule has 0 aliphatic heterocycles. The number of carbonyl (C=O) groups excluding carboxylic acids is 1. The standard InChI is InChI=1S/C14H13N5O2S2/c1-3-6-19-11(17-18-14(19)22)10-8(2)15-13(23-10)16-12(20)9-5-4-7-21-9/h3-5,7H,1,6H2,2H3,(H,18,22)(H,15,16,20). The van der Waals surface area contributed by atoms with Crippen molar-refractivity contribution in [2.75, 3.05) is 5.32 Å². The number of aromatic nitrogens is 4. The van der Waals surface area contributed by atoms with Crippen LogP contribution in [0.1, 0.15) is 16.2 Å². The molecule has 0 radical (unpaired) electrons. The molecule has 7 nitrogen and oxygen atoms in total. The number of amides is 1. The van der Waals surface area contributed by atoms with Gasteiger partial charge in [-0.15, -0.1) is 6.58 Å². The number of hydrogen-bond acceptors (Lipinski definition) is 6. The molecule has 3 aromatic rings. The summed E-state index contributed by atoms with van der Waals surface area (Å²) in [4.78, 5) is 17.2. The number of H-pyrrole nitrogens is 1. The van der Waals surface area contributed by atoms with Gasteiger partial charge >= 0.3 is 0 Å². The second kappa shape index (κ2) is 6.31. The predicted molar refractivity (Wildman–Crippen MR) is 90.1 cm³/mol. The van der Waals surface area contributed by atoms with Crippen molar-refractivity contribution in [3.05, 3.63) is 47.3 Å². The van der Waals surface area contributed by atoms with E-state index in [2.05, 4.69) is 27.1 Å². The summed E-state index contributed by atoms with van der Waals surface area (Å²) < 4.78 is 7.39. The molecular weight excluding hydrogens is 334 g/mol. The molecule has 0 saturated carbocycles. The zero-order valence-electron chi connectivity index (χ0n) is 12.2. The number of hydrogen-bond donors (Lipinski definition) is 2. The molecule has 0 atom stereocenters. The fraction of sp³-hybridized carbons (Fsp3) is 0.143. The van der Waals surface area contributed by atoms with Crippen LogP contribution in [-0.4, -0.2) is 25.7 Å². The molecule has 0 aliphatic rings. The number of anilines is 1. The van der Waals surface area contributed by atoms with Crippen molar-refractivity contribution < 1.29 is 9.21 Å². The number of rotatable bonds is 5. The highest BCUT2D eigenvalue weighted by molar-refractivity contribution is 7.71.